The van der Waals surface area contributed by atoms with Crippen LogP contribution in [0.3, 0.4) is 0 Å². The number of nitrogens with zero attached hydrogens (tertiary/aromatic N) is 6. The van der Waals surface area contributed by atoms with Crippen molar-refractivity contribution in [1.82, 2.24) is 29.3 Å². The van der Waals surface area contributed by atoms with Crippen molar-refractivity contribution in [2.24, 2.45) is 12.0 Å². The summed E-state index contributed by atoms with van der Waals surface area (Å²) in [6.45, 7) is 5.46. The standard InChI is InChI=1S/C36H37N9O5S/c1-23-20-30(42-51(49,50)27-8-5-25(6-9-27)11-16-40-35(37)44-17-4-18-44)24(2)19-29(23)33(46)39-15-12-26-7-10-32(41-21-26)45-34(47)28-13-14-38-22-31(28)43(3)36(45)48/h5-10,13-14,16,19-22,37,42H,4,11-12,15,17-18H2,1-3H3,(H,39,46). The Bertz CT molecular complexity index is 2400. The fourth-order valence-electron chi connectivity index (χ4n) is 5.64. The first kappa shape index (κ1) is 34.9. The Morgan fingerprint density at radius 2 is 1.75 bits per heavy atom. The molecule has 0 radical (unpaired) electrons. The molecule has 0 bridgehead atoms. The summed E-state index contributed by atoms with van der Waals surface area (Å²) in [6, 6.07) is 14.7. The molecule has 51 heavy (non-hydrogen) atoms. The predicted molar refractivity (Wildman–Crippen MR) is 196 cm³/mol. The van der Waals surface area contributed by atoms with E-state index in [1.807, 2.05) is 4.90 Å². The van der Waals surface area contributed by atoms with Crippen molar-refractivity contribution in [3.05, 3.63) is 122 Å². The quantitative estimate of drug-likeness (QED) is 0.146. The van der Waals surface area contributed by atoms with Crippen LogP contribution in [0.2, 0.25) is 0 Å². The van der Waals surface area contributed by atoms with E-state index < -0.39 is 21.3 Å². The molecule has 2 aromatic carbocycles. The van der Waals surface area contributed by atoms with Crippen LogP contribution in [0, 0.1) is 19.3 Å². The molecule has 6 rings (SSSR count). The molecule has 14 nitrogen and oxygen atoms in total. The van der Waals surface area contributed by atoms with Crippen LogP contribution in [0.25, 0.3) is 16.7 Å². The largest absolute Gasteiger partial charge is 0.352 e. The van der Waals surface area contributed by atoms with Gasteiger partial charge in [0.05, 0.1) is 27.7 Å². The van der Waals surface area contributed by atoms with E-state index in [2.05, 4.69) is 25.0 Å². The zero-order valence-electron chi connectivity index (χ0n) is 28.4. The van der Waals surface area contributed by atoms with Gasteiger partial charge in [0.25, 0.3) is 21.5 Å². The minimum Gasteiger partial charge on any atom is -0.352 e. The number of guanidine groups is 1. The summed E-state index contributed by atoms with van der Waals surface area (Å²) in [6.07, 6.45) is 8.17. The van der Waals surface area contributed by atoms with E-state index in [0.29, 0.717) is 52.7 Å². The SMILES string of the molecule is Cc1cc(C(=O)NCCc2ccc(-n3c(=O)c4ccncc4n(C)c3=O)nc2)c(C)cc1NS(=O)(=O)c1ccc(CC=NC(=N)N2CCC2)cc1. The lowest BCUT2D eigenvalue weighted by atomic mass is 10.0. The van der Waals surface area contributed by atoms with Crippen molar-refractivity contribution in [2.75, 3.05) is 24.4 Å². The Morgan fingerprint density at radius 3 is 2.43 bits per heavy atom. The number of pyridine rings is 2. The third kappa shape index (κ3) is 7.48. The van der Waals surface area contributed by atoms with Crippen LogP contribution < -0.4 is 21.3 Å². The summed E-state index contributed by atoms with van der Waals surface area (Å²) in [5.41, 5.74) is 3.02. The van der Waals surface area contributed by atoms with Crippen LogP contribution in [0.5, 0.6) is 0 Å². The van der Waals surface area contributed by atoms with Gasteiger partial charge in [-0.15, -0.1) is 0 Å². The zero-order valence-corrected chi connectivity index (χ0v) is 29.2. The third-order valence-corrected chi connectivity index (χ3v) is 10.2. The van der Waals surface area contributed by atoms with Gasteiger partial charge in [0.1, 0.15) is 5.82 Å². The molecule has 4 heterocycles. The molecule has 15 heteroatoms. The molecule has 1 fully saturated rings. The van der Waals surface area contributed by atoms with Crippen LogP contribution in [0.4, 0.5) is 5.69 Å². The summed E-state index contributed by atoms with van der Waals surface area (Å²) in [5.74, 6) is 0.118. The van der Waals surface area contributed by atoms with Gasteiger partial charge in [-0.1, -0.05) is 18.2 Å². The van der Waals surface area contributed by atoms with Gasteiger partial charge in [-0.05, 0) is 85.3 Å². The third-order valence-electron chi connectivity index (χ3n) is 8.80. The highest BCUT2D eigenvalue weighted by Gasteiger charge is 2.19. The van der Waals surface area contributed by atoms with Gasteiger partial charge in [-0.2, -0.15) is 0 Å². The second-order valence-corrected chi connectivity index (χ2v) is 14.0. The number of amides is 1. The summed E-state index contributed by atoms with van der Waals surface area (Å²) in [4.78, 5) is 53.6. The highest BCUT2D eigenvalue weighted by molar-refractivity contribution is 7.92. The van der Waals surface area contributed by atoms with Crippen molar-refractivity contribution < 1.29 is 13.2 Å². The smallest absolute Gasteiger partial charge is 0.337 e. The van der Waals surface area contributed by atoms with Crippen LogP contribution in [0.15, 0.2) is 92.7 Å². The molecule has 1 aliphatic rings. The van der Waals surface area contributed by atoms with Gasteiger partial charge in [-0.25, -0.2) is 27.8 Å². The average Bonchev–Trinajstić information content (AvgIpc) is 3.09. The van der Waals surface area contributed by atoms with Crippen LogP contribution in [-0.4, -0.2) is 70.1 Å². The molecule has 0 atom stereocenters. The molecule has 3 N–H and O–H groups in total. The number of aryl methyl sites for hydroxylation is 3. The molecule has 1 amide bonds. The van der Waals surface area contributed by atoms with Gasteiger partial charge in [0, 0.05) is 57.3 Å². The highest BCUT2D eigenvalue weighted by atomic mass is 32.2. The van der Waals surface area contributed by atoms with Crippen molar-refractivity contribution in [1.29, 1.82) is 5.41 Å². The Kier molecular flexibility index (Phi) is 9.91. The number of hydrogen-bond acceptors (Lipinski definition) is 8. The Labute approximate surface area is 294 Å². The number of sulfonamides is 1. The number of rotatable bonds is 10. The lowest BCUT2D eigenvalue weighted by Gasteiger charge is -2.30. The number of likely N-dealkylation sites (tertiary alicyclic amines) is 1. The number of fused-ring (bicyclic) bond motifs is 1. The van der Waals surface area contributed by atoms with Crippen molar-refractivity contribution in [3.63, 3.8) is 0 Å². The Morgan fingerprint density at radius 1 is 1.00 bits per heavy atom. The number of carbonyl (C=O) groups excluding carboxylic acids is 1. The van der Waals surface area contributed by atoms with Crippen molar-refractivity contribution in [3.8, 4) is 5.82 Å². The van der Waals surface area contributed by atoms with Gasteiger partial charge >= 0.3 is 5.69 Å². The second kappa shape index (κ2) is 14.5. The summed E-state index contributed by atoms with van der Waals surface area (Å²) in [7, 11) is -2.33. The molecule has 1 saturated heterocycles. The number of benzene rings is 2. The fourth-order valence-corrected chi connectivity index (χ4v) is 6.76. The zero-order chi connectivity index (χ0) is 36.3. The predicted octanol–water partition coefficient (Wildman–Crippen LogP) is 3.12. The first-order chi connectivity index (χ1) is 24.4. The summed E-state index contributed by atoms with van der Waals surface area (Å²) < 4.78 is 31.4. The molecule has 262 valence electrons. The highest BCUT2D eigenvalue weighted by Crippen LogP contribution is 2.24. The van der Waals surface area contributed by atoms with E-state index in [9.17, 15) is 22.8 Å². The van der Waals surface area contributed by atoms with E-state index in [4.69, 9.17) is 5.41 Å². The summed E-state index contributed by atoms with van der Waals surface area (Å²) in [5, 5.41) is 11.2. The molecule has 1 aliphatic heterocycles. The van der Waals surface area contributed by atoms with Crippen molar-refractivity contribution >= 4 is 44.7 Å². The van der Waals surface area contributed by atoms with Gasteiger partial charge in [0.15, 0.2) is 0 Å². The van der Waals surface area contributed by atoms with Gasteiger partial charge in [0.2, 0.25) is 5.96 Å². The van der Waals surface area contributed by atoms with Crippen LogP contribution in [0.1, 0.15) is 39.0 Å². The maximum absolute atomic E-state index is 13.2. The van der Waals surface area contributed by atoms with E-state index in [0.717, 1.165) is 35.2 Å². The molecule has 3 aromatic heterocycles. The first-order valence-corrected chi connectivity index (χ1v) is 17.8. The maximum atomic E-state index is 13.2. The lowest BCUT2D eigenvalue weighted by molar-refractivity contribution is 0.0953. The Hall–Kier alpha value is -5.96. The molecule has 0 spiro atoms. The van der Waals surface area contributed by atoms with Gasteiger partial charge in [-0.3, -0.25) is 29.3 Å². The Balaban J connectivity index is 1.05. The van der Waals surface area contributed by atoms with Crippen molar-refractivity contribution in [2.45, 2.75) is 38.0 Å². The number of aliphatic imine (C=N–C) groups is 1. The second-order valence-electron chi connectivity index (χ2n) is 12.3. The number of anilines is 1. The minimum atomic E-state index is -3.90. The first-order valence-electron chi connectivity index (χ1n) is 16.3. The maximum Gasteiger partial charge on any atom is 0.337 e. The molecule has 0 unspecified atom stereocenters. The molecular formula is C36H37N9O5S. The number of nitrogens with one attached hydrogen (secondary N) is 3. The van der Waals surface area contributed by atoms with E-state index in [1.165, 1.54) is 29.1 Å². The summed E-state index contributed by atoms with van der Waals surface area (Å²) >= 11 is 0. The van der Waals surface area contributed by atoms with Crippen LogP contribution in [-0.2, 0) is 29.9 Å². The molecule has 5 aromatic rings. The fraction of sp³-hybridized carbons (Fsp3) is 0.250. The number of carbonyl (C=O) groups is 1. The van der Waals surface area contributed by atoms with Crippen LogP contribution >= 0.6 is 0 Å². The van der Waals surface area contributed by atoms with E-state index in [1.54, 1.807) is 75.8 Å². The number of aromatic nitrogens is 4. The topological polar surface area (TPSA) is 185 Å². The van der Waals surface area contributed by atoms with Gasteiger partial charge < -0.3 is 10.2 Å². The van der Waals surface area contributed by atoms with E-state index in [-0.39, 0.29) is 22.6 Å². The normalized spacial score (nSPS) is 13.0. The average molecular weight is 708 g/mol. The monoisotopic (exact) mass is 707 g/mol. The molecule has 0 saturated carbocycles. The molecule has 0 aliphatic carbocycles. The lowest BCUT2D eigenvalue weighted by Crippen LogP contribution is -2.40. The minimum absolute atomic E-state index is 0.0993. The van der Waals surface area contributed by atoms with E-state index >= 15 is 0 Å². The number of hydrogen-bond donors (Lipinski definition) is 3. The molecular weight excluding hydrogens is 671 g/mol.